The largest absolute Gasteiger partial charge is 0.382 e. The SMILES string of the molecule is N#Cc1c(N)nc(SC2CCCC2)nc1Cc1ccccc1F. The van der Waals surface area contributed by atoms with Gasteiger partial charge in [-0.05, 0) is 24.5 Å². The minimum atomic E-state index is -0.307. The maximum absolute atomic E-state index is 13.9. The standard InChI is InChI=1S/C17H17FN4S/c18-14-8-4-1-5-11(14)9-15-13(10-19)16(20)22-17(21-15)23-12-6-2-3-7-12/h1,4-5,8,12H,2-3,6-7,9H2,(H2,20,21,22). The van der Waals surface area contributed by atoms with E-state index in [4.69, 9.17) is 5.73 Å². The summed E-state index contributed by atoms with van der Waals surface area (Å²) in [6.45, 7) is 0. The number of hydrogen-bond donors (Lipinski definition) is 1. The lowest BCUT2D eigenvalue weighted by Crippen LogP contribution is -2.08. The third kappa shape index (κ3) is 3.62. The zero-order valence-electron chi connectivity index (χ0n) is 12.6. The molecule has 23 heavy (non-hydrogen) atoms. The number of nitrogens with two attached hydrogens (primary N) is 1. The Labute approximate surface area is 138 Å². The minimum Gasteiger partial charge on any atom is -0.382 e. The first-order valence-corrected chi connectivity index (χ1v) is 8.52. The van der Waals surface area contributed by atoms with Crippen molar-refractivity contribution in [3.8, 4) is 6.07 Å². The molecule has 0 atom stereocenters. The number of nitriles is 1. The van der Waals surface area contributed by atoms with E-state index in [0.717, 1.165) is 12.8 Å². The van der Waals surface area contributed by atoms with Crippen molar-refractivity contribution >= 4 is 17.6 Å². The van der Waals surface area contributed by atoms with E-state index in [1.54, 1.807) is 30.0 Å². The molecule has 0 unspecified atom stereocenters. The first-order chi connectivity index (χ1) is 11.2. The zero-order chi connectivity index (χ0) is 16.2. The van der Waals surface area contributed by atoms with E-state index in [-0.39, 0.29) is 23.6 Å². The molecule has 118 valence electrons. The molecule has 0 spiro atoms. The maximum Gasteiger partial charge on any atom is 0.190 e. The molecule has 2 N–H and O–H groups in total. The number of hydrogen-bond acceptors (Lipinski definition) is 5. The quantitative estimate of drug-likeness (QED) is 0.866. The topological polar surface area (TPSA) is 75.6 Å². The molecule has 0 radical (unpaired) electrons. The van der Waals surface area contributed by atoms with Gasteiger partial charge in [0.25, 0.3) is 0 Å². The van der Waals surface area contributed by atoms with Crippen LogP contribution in [0.3, 0.4) is 0 Å². The third-order valence-electron chi connectivity index (χ3n) is 3.99. The molecule has 4 nitrogen and oxygen atoms in total. The van der Waals surface area contributed by atoms with Crippen LogP contribution >= 0.6 is 11.8 Å². The van der Waals surface area contributed by atoms with Gasteiger partial charge >= 0.3 is 0 Å². The Hall–Kier alpha value is -2.13. The van der Waals surface area contributed by atoms with Crippen molar-refractivity contribution in [1.82, 2.24) is 9.97 Å². The van der Waals surface area contributed by atoms with Crippen molar-refractivity contribution in [3.05, 3.63) is 46.9 Å². The monoisotopic (exact) mass is 328 g/mol. The highest BCUT2D eigenvalue weighted by atomic mass is 32.2. The van der Waals surface area contributed by atoms with E-state index in [2.05, 4.69) is 9.97 Å². The molecule has 1 saturated carbocycles. The molecule has 3 rings (SSSR count). The normalized spacial score (nSPS) is 14.8. The summed E-state index contributed by atoms with van der Waals surface area (Å²) in [5.74, 6) is -0.132. The Kier molecular flexibility index (Phi) is 4.77. The van der Waals surface area contributed by atoms with Gasteiger partial charge in [0.1, 0.15) is 23.3 Å². The number of nitrogens with zero attached hydrogens (tertiary/aromatic N) is 3. The van der Waals surface area contributed by atoms with Gasteiger partial charge in [-0.3, -0.25) is 0 Å². The van der Waals surface area contributed by atoms with Crippen molar-refractivity contribution in [1.29, 1.82) is 5.26 Å². The van der Waals surface area contributed by atoms with E-state index in [9.17, 15) is 9.65 Å². The zero-order valence-corrected chi connectivity index (χ0v) is 13.4. The van der Waals surface area contributed by atoms with E-state index in [1.807, 2.05) is 6.07 Å². The van der Waals surface area contributed by atoms with Crippen molar-refractivity contribution in [2.45, 2.75) is 42.5 Å². The number of rotatable bonds is 4. The van der Waals surface area contributed by atoms with Gasteiger partial charge in [-0.15, -0.1) is 0 Å². The van der Waals surface area contributed by atoms with Crippen LogP contribution in [0.4, 0.5) is 10.2 Å². The van der Waals surface area contributed by atoms with E-state index in [1.165, 1.54) is 18.9 Å². The van der Waals surface area contributed by atoms with Crippen LogP contribution in [-0.2, 0) is 6.42 Å². The van der Waals surface area contributed by atoms with Crippen molar-refractivity contribution < 1.29 is 4.39 Å². The summed E-state index contributed by atoms with van der Waals surface area (Å²) in [6.07, 6.45) is 4.99. The summed E-state index contributed by atoms with van der Waals surface area (Å²) in [4.78, 5) is 8.73. The van der Waals surface area contributed by atoms with Crippen molar-refractivity contribution in [2.75, 3.05) is 5.73 Å². The molecule has 6 heteroatoms. The molecule has 1 aliphatic carbocycles. The molecule has 0 amide bonds. The Morgan fingerprint density at radius 1 is 1.26 bits per heavy atom. The molecule has 0 bridgehead atoms. The highest BCUT2D eigenvalue weighted by molar-refractivity contribution is 7.99. The highest BCUT2D eigenvalue weighted by Crippen LogP contribution is 2.34. The average molecular weight is 328 g/mol. The molecule has 1 aromatic carbocycles. The second kappa shape index (κ2) is 6.97. The predicted octanol–water partition coefficient (Wildman–Crippen LogP) is 3.70. The van der Waals surface area contributed by atoms with E-state index >= 15 is 0 Å². The van der Waals surface area contributed by atoms with Crippen LogP contribution in [0.2, 0.25) is 0 Å². The van der Waals surface area contributed by atoms with Gasteiger partial charge in [-0.1, -0.05) is 42.8 Å². The second-order valence-corrected chi connectivity index (χ2v) is 6.88. The van der Waals surface area contributed by atoms with Crippen LogP contribution in [0.15, 0.2) is 29.4 Å². The average Bonchev–Trinajstić information content (AvgIpc) is 3.02. The summed E-state index contributed by atoms with van der Waals surface area (Å²) >= 11 is 1.61. The van der Waals surface area contributed by atoms with Crippen molar-refractivity contribution in [2.24, 2.45) is 0 Å². The van der Waals surface area contributed by atoms with Gasteiger partial charge in [-0.25, -0.2) is 14.4 Å². The summed E-state index contributed by atoms with van der Waals surface area (Å²) in [6, 6.07) is 8.54. The molecule has 1 aromatic heterocycles. The van der Waals surface area contributed by atoms with Crippen LogP contribution in [0.5, 0.6) is 0 Å². The number of thioether (sulfide) groups is 1. The summed E-state index contributed by atoms with van der Waals surface area (Å²) in [5, 5.41) is 10.4. The van der Waals surface area contributed by atoms with Crippen LogP contribution in [0.25, 0.3) is 0 Å². The van der Waals surface area contributed by atoms with Gasteiger partial charge in [0.2, 0.25) is 0 Å². The highest BCUT2D eigenvalue weighted by Gasteiger charge is 2.20. The predicted molar refractivity (Wildman–Crippen MR) is 88.5 cm³/mol. The fourth-order valence-corrected chi connectivity index (χ4v) is 3.96. The molecule has 0 aliphatic heterocycles. The summed E-state index contributed by atoms with van der Waals surface area (Å²) in [5.41, 5.74) is 7.15. The fourth-order valence-electron chi connectivity index (χ4n) is 2.78. The minimum absolute atomic E-state index is 0.175. The first kappa shape index (κ1) is 15.8. The molecule has 1 heterocycles. The third-order valence-corrected chi connectivity index (χ3v) is 5.19. The number of halogens is 1. The molecule has 0 saturated heterocycles. The lowest BCUT2D eigenvalue weighted by atomic mass is 10.1. The van der Waals surface area contributed by atoms with Crippen LogP contribution in [0, 0.1) is 17.1 Å². The fraction of sp³-hybridized carbons (Fsp3) is 0.353. The maximum atomic E-state index is 13.9. The van der Waals surface area contributed by atoms with Gasteiger partial charge in [0, 0.05) is 11.7 Å². The number of benzene rings is 1. The molecule has 1 aliphatic rings. The smallest absolute Gasteiger partial charge is 0.190 e. The molecule has 1 fully saturated rings. The van der Waals surface area contributed by atoms with E-state index in [0.29, 0.717) is 21.7 Å². The van der Waals surface area contributed by atoms with Crippen molar-refractivity contribution in [3.63, 3.8) is 0 Å². The Bertz CT molecular complexity index is 751. The van der Waals surface area contributed by atoms with Crippen LogP contribution < -0.4 is 5.73 Å². The van der Waals surface area contributed by atoms with Gasteiger partial charge in [0.15, 0.2) is 5.16 Å². The molecular formula is C17H17FN4S. The Morgan fingerprint density at radius 3 is 2.70 bits per heavy atom. The Balaban J connectivity index is 1.92. The lowest BCUT2D eigenvalue weighted by molar-refractivity contribution is 0.612. The second-order valence-electron chi connectivity index (χ2n) is 5.62. The van der Waals surface area contributed by atoms with Crippen LogP contribution in [0.1, 0.15) is 42.5 Å². The first-order valence-electron chi connectivity index (χ1n) is 7.64. The number of nitrogen functional groups attached to an aromatic ring is 1. The number of aromatic nitrogens is 2. The number of anilines is 1. The van der Waals surface area contributed by atoms with Gasteiger partial charge in [0.05, 0.1) is 5.69 Å². The molecular weight excluding hydrogens is 311 g/mol. The van der Waals surface area contributed by atoms with Crippen LogP contribution in [-0.4, -0.2) is 15.2 Å². The van der Waals surface area contributed by atoms with E-state index < -0.39 is 0 Å². The Morgan fingerprint density at radius 2 is 2.00 bits per heavy atom. The van der Waals surface area contributed by atoms with Gasteiger partial charge in [-0.2, -0.15) is 5.26 Å². The summed E-state index contributed by atoms with van der Waals surface area (Å²) < 4.78 is 13.9. The lowest BCUT2D eigenvalue weighted by Gasteiger charge is -2.11. The summed E-state index contributed by atoms with van der Waals surface area (Å²) in [7, 11) is 0. The van der Waals surface area contributed by atoms with Gasteiger partial charge < -0.3 is 5.73 Å². The molecule has 2 aromatic rings.